The molecule has 0 amide bonds. The van der Waals surface area contributed by atoms with Gasteiger partial charge in [-0.15, -0.1) is 0 Å². The minimum absolute atomic E-state index is 0.143. The standard InChI is InChI=1S/C18H27FN2O/c1-13-2-4-15(10-13)20-12-14-3-5-18(17(19)11-14)21-8-6-16(22)7-9-21/h3,5,11,13,15-16,20,22H,2,4,6-10,12H2,1H3. The quantitative estimate of drug-likeness (QED) is 0.897. The van der Waals surface area contributed by atoms with Crippen molar-refractivity contribution in [3.63, 3.8) is 0 Å². The summed E-state index contributed by atoms with van der Waals surface area (Å²) in [6.45, 7) is 4.50. The Balaban J connectivity index is 1.57. The van der Waals surface area contributed by atoms with Gasteiger partial charge < -0.3 is 15.3 Å². The van der Waals surface area contributed by atoms with Crippen molar-refractivity contribution in [3.8, 4) is 0 Å². The summed E-state index contributed by atoms with van der Waals surface area (Å²) in [7, 11) is 0. The van der Waals surface area contributed by atoms with Gasteiger partial charge in [-0.3, -0.25) is 0 Å². The lowest BCUT2D eigenvalue weighted by molar-refractivity contribution is 0.145. The smallest absolute Gasteiger partial charge is 0.146 e. The molecule has 1 aliphatic heterocycles. The van der Waals surface area contributed by atoms with Gasteiger partial charge >= 0.3 is 0 Å². The van der Waals surface area contributed by atoms with Crippen LogP contribution in [0.1, 0.15) is 44.6 Å². The van der Waals surface area contributed by atoms with Gasteiger partial charge in [-0.05, 0) is 55.7 Å². The van der Waals surface area contributed by atoms with Crippen LogP contribution in [0.15, 0.2) is 18.2 Å². The molecule has 2 aliphatic rings. The number of benzene rings is 1. The highest BCUT2D eigenvalue weighted by molar-refractivity contribution is 5.49. The van der Waals surface area contributed by atoms with Crippen molar-refractivity contribution in [2.75, 3.05) is 18.0 Å². The summed E-state index contributed by atoms with van der Waals surface area (Å²) in [6.07, 6.45) is 4.99. The first-order valence-corrected chi connectivity index (χ1v) is 8.56. The zero-order valence-electron chi connectivity index (χ0n) is 13.4. The highest BCUT2D eigenvalue weighted by atomic mass is 19.1. The molecule has 0 spiro atoms. The molecule has 1 saturated heterocycles. The molecule has 1 aromatic carbocycles. The van der Waals surface area contributed by atoms with E-state index in [2.05, 4.69) is 12.2 Å². The normalized spacial score (nSPS) is 26.6. The molecule has 3 nitrogen and oxygen atoms in total. The molecule has 2 fully saturated rings. The van der Waals surface area contributed by atoms with Gasteiger partial charge in [-0.2, -0.15) is 0 Å². The van der Waals surface area contributed by atoms with Gasteiger partial charge in [-0.25, -0.2) is 4.39 Å². The minimum Gasteiger partial charge on any atom is -0.393 e. The summed E-state index contributed by atoms with van der Waals surface area (Å²) < 4.78 is 14.4. The molecule has 0 aromatic heterocycles. The van der Waals surface area contributed by atoms with Gasteiger partial charge in [0.15, 0.2) is 0 Å². The third-order valence-corrected chi connectivity index (χ3v) is 5.11. The number of piperidine rings is 1. The summed E-state index contributed by atoms with van der Waals surface area (Å²) in [5.41, 5.74) is 1.68. The van der Waals surface area contributed by atoms with Crippen LogP contribution in [-0.2, 0) is 6.54 Å². The average Bonchev–Trinajstić information content (AvgIpc) is 2.92. The molecule has 2 N–H and O–H groups in total. The van der Waals surface area contributed by atoms with Gasteiger partial charge in [0.1, 0.15) is 5.82 Å². The van der Waals surface area contributed by atoms with E-state index in [0.29, 0.717) is 11.7 Å². The Labute approximate surface area is 132 Å². The highest BCUT2D eigenvalue weighted by Gasteiger charge is 2.21. The van der Waals surface area contributed by atoms with E-state index in [9.17, 15) is 9.50 Å². The molecule has 122 valence electrons. The van der Waals surface area contributed by atoms with Crippen LogP contribution in [0.3, 0.4) is 0 Å². The van der Waals surface area contributed by atoms with Gasteiger partial charge in [0.05, 0.1) is 11.8 Å². The lowest BCUT2D eigenvalue weighted by Gasteiger charge is -2.31. The van der Waals surface area contributed by atoms with Crippen LogP contribution in [0.25, 0.3) is 0 Å². The van der Waals surface area contributed by atoms with Crippen LogP contribution in [0.5, 0.6) is 0 Å². The topological polar surface area (TPSA) is 35.5 Å². The van der Waals surface area contributed by atoms with Gasteiger partial charge in [-0.1, -0.05) is 13.0 Å². The van der Waals surface area contributed by atoms with Crippen molar-refractivity contribution in [2.45, 2.75) is 57.7 Å². The van der Waals surface area contributed by atoms with Crippen molar-refractivity contribution >= 4 is 5.69 Å². The van der Waals surface area contributed by atoms with Crippen LogP contribution >= 0.6 is 0 Å². The fourth-order valence-electron chi connectivity index (χ4n) is 3.68. The van der Waals surface area contributed by atoms with E-state index in [0.717, 1.165) is 44.0 Å². The lowest BCUT2D eigenvalue weighted by Crippen LogP contribution is -2.36. The van der Waals surface area contributed by atoms with Gasteiger partial charge in [0.2, 0.25) is 0 Å². The van der Waals surface area contributed by atoms with Crippen LogP contribution in [0.2, 0.25) is 0 Å². The van der Waals surface area contributed by atoms with E-state index in [1.54, 1.807) is 6.07 Å². The number of hydrogen-bond acceptors (Lipinski definition) is 3. The van der Waals surface area contributed by atoms with Gasteiger partial charge in [0.25, 0.3) is 0 Å². The summed E-state index contributed by atoms with van der Waals surface area (Å²) in [6, 6.07) is 6.16. The Hall–Kier alpha value is -1.13. The maximum Gasteiger partial charge on any atom is 0.146 e. The Bertz CT molecular complexity index is 500. The lowest BCUT2D eigenvalue weighted by atomic mass is 10.1. The van der Waals surface area contributed by atoms with E-state index in [-0.39, 0.29) is 11.9 Å². The second-order valence-corrected chi connectivity index (χ2v) is 7.00. The number of hydrogen-bond donors (Lipinski definition) is 2. The number of nitrogens with zero attached hydrogens (tertiary/aromatic N) is 1. The Morgan fingerprint density at radius 2 is 2.00 bits per heavy atom. The largest absolute Gasteiger partial charge is 0.393 e. The van der Waals surface area contributed by atoms with E-state index in [1.165, 1.54) is 19.3 Å². The second-order valence-electron chi connectivity index (χ2n) is 7.00. The molecular weight excluding hydrogens is 279 g/mol. The van der Waals surface area contributed by atoms with Crippen LogP contribution < -0.4 is 10.2 Å². The van der Waals surface area contributed by atoms with E-state index >= 15 is 0 Å². The number of halogens is 1. The van der Waals surface area contributed by atoms with Crippen LogP contribution in [0, 0.1) is 11.7 Å². The molecule has 3 rings (SSSR count). The summed E-state index contributed by atoms with van der Waals surface area (Å²) in [5, 5.41) is 13.1. The van der Waals surface area contributed by atoms with Crippen LogP contribution in [-0.4, -0.2) is 30.3 Å². The first-order chi connectivity index (χ1) is 10.6. The van der Waals surface area contributed by atoms with E-state index < -0.39 is 0 Å². The number of rotatable bonds is 4. The van der Waals surface area contributed by atoms with Crippen molar-refractivity contribution in [2.24, 2.45) is 5.92 Å². The first-order valence-electron chi connectivity index (χ1n) is 8.56. The Morgan fingerprint density at radius 1 is 1.23 bits per heavy atom. The fraction of sp³-hybridized carbons (Fsp3) is 0.667. The predicted molar refractivity (Wildman–Crippen MR) is 87.5 cm³/mol. The van der Waals surface area contributed by atoms with Crippen molar-refractivity contribution in [1.29, 1.82) is 0 Å². The van der Waals surface area contributed by atoms with Crippen molar-refractivity contribution in [1.82, 2.24) is 5.32 Å². The third-order valence-electron chi connectivity index (χ3n) is 5.11. The molecule has 1 heterocycles. The van der Waals surface area contributed by atoms with Crippen molar-refractivity contribution in [3.05, 3.63) is 29.6 Å². The Kier molecular flexibility index (Phi) is 4.99. The minimum atomic E-state index is -0.225. The molecule has 2 atom stereocenters. The summed E-state index contributed by atoms with van der Waals surface area (Å²) >= 11 is 0. The molecule has 2 unspecified atom stereocenters. The molecule has 0 radical (unpaired) electrons. The zero-order chi connectivity index (χ0) is 15.5. The predicted octanol–water partition coefficient (Wildman–Crippen LogP) is 3.07. The Morgan fingerprint density at radius 3 is 2.64 bits per heavy atom. The average molecular weight is 306 g/mol. The molecule has 22 heavy (non-hydrogen) atoms. The molecule has 1 aromatic rings. The second kappa shape index (κ2) is 6.97. The molecule has 4 heteroatoms. The molecule has 0 bridgehead atoms. The van der Waals surface area contributed by atoms with Crippen LogP contribution in [0.4, 0.5) is 10.1 Å². The van der Waals surface area contributed by atoms with E-state index in [1.807, 2.05) is 17.0 Å². The van der Waals surface area contributed by atoms with Gasteiger partial charge in [0, 0.05) is 25.7 Å². The first kappa shape index (κ1) is 15.8. The van der Waals surface area contributed by atoms with E-state index in [4.69, 9.17) is 0 Å². The monoisotopic (exact) mass is 306 g/mol. The number of aliphatic hydroxyl groups is 1. The highest BCUT2D eigenvalue weighted by Crippen LogP contribution is 2.26. The maximum absolute atomic E-state index is 14.4. The molecule has 1 aliphatic carbocycles. The number of anilines is 1. The fourth-order valence-corrected chi connectivity index (χ4v) is 3.68. The molecule has 1 saturated carbocycles. The number of nitrogens with one attached hydrogen (secondary N) is 1. The summed E-state index contributed by atoms with van der Waals surface area (Å²) in [4.78, 5) is 2.04. The third kappa shape index (κ3) is 3.79. The van der Waals surface area contributed by atoms with Crippen molar-refractivity contribution < 1.29 is 9.50 Å². The maximum atomic E-state index is 14.4. The SMILES string of the molecule is CC1CCC(NCc2ccc(N3CCC(O)CC3)c(F)c2)C1. The molecular formula is C18H27FN2O. The zero-order valence-corrected chi connectivity index (χ0v) is 13.4. The number of aliphatic hydroxyl groups excluding tert-OH is 1. The summed E-state index contributed by atoms with van der Waals surface area (Å²) in [5.74, 6) is 0.668.